The summed E-state index contributed by atoms with van der Waals surface area (Å²) in [6, 6.07) is -0.862. The van der Waals surface area contributed by atoms with E-state index in [0.29, 0.717) is 57.0 Å². The van der Waals surface area contributed by atoms with E-state index >= 15 is 0 Å². The predicted molar refractivity (Wildman–Crippen MR) is 152 cm³/mol. The summed E-state index contributed by atoms with van der Waals surface area (Å²) < 4.78 is 0. The first-order valence-electron chi connectivity index (χ1n) is 15.6. The summed E-state index contributed by atoms with van der Waals surface area (Å²) in [5, 5.41) is 11.4. The van der Waals surface area contributed by atoms with E-state index in [-0.39, 0.29) is 17.8 Å². The highest BCUT2D eigenvalue weighted by molar-refractivity contribution is 5.96. The molecule has 1 aliphatic heterocycles. The minimum Gasteiger partial charge on any atom is -0.356 e. The number of aliphatic imine (C=N–C) groups is 3. The Morgan fingerprint density at radius 1 is 0.524 bits per heavy atom. The number of amides is 4. The molecule has 0 spiro atoms. The number of hydrogen-bond acceptors (Lipinski definition) is 9. The van der Waals surface area contributed by atoms with Crippen molar-refractivity contribution in [3.63, 3.8) is 0 Å². The van der Waals surface area contributed by atoms with Gasteiger partial charge in [0.2, 0.25) is 24.6 Å². The van der Waals surface area contributed by atoms with E-state index in [9.17, 15) is 29.1 Å². The molecule has 4 rings (SSSR count). The lowest BCUT2D eigenvalue weighted by molar-refractivity contribution is -0.106. The Morgan fingerprint density at radius 2 is 0.810 bits per heavy atom. The van der Waals surface area contributed by atoms with Gasteiger partial charge in [-0.25, -0.2) is 43.8 Å². The molecule has 0 unspecified atom stereocenters. The Labute approximate surface area is 247 Å². The number of rotatable bonds is 12. The molecule has 42 heavy (non-hydrogen) atoms. The van der Waals surface area contributed by atoms with Gasteiger partial charge < -0.3 is 5.11 Å². The van der Waals surface area contributed by atoms with Crippen LogP contribution < -0.4 is 0 Å². The molecular weight excluding hydrogens is 540 g/mol. The van der Waals surface area contributed by atoms with Gasteiger partial charge in [0.05, 0.1) is 19.6 Å². The maximum Gasteiger partial charge on any atom is 0.331 e. The molecule has 4 fully saturated rings. The van der Waals surface area contributed by atoms with Crippen LogP contribution in [0, 0.1) is 35.5 Å². The largest absolute Gasteiger partial charge is 0.356 e. The SMILES string of the molecule is O=C=NCC1CCC(CN2C(=O)N(CC3CCC(CN=C=O)CC3)C(O)N(CC3CCC(CN=C=O)CC3)C2=O)CC1. The van der Waals surface area contributed by atoms with Crippen molar-refractivity contribution in [1.82, 2.24) is 14.7 Å². The first-order chi connectivity index (χ1) is 20.4. The topological polar surface area (TPSA) is 152 Å². The zero-order chi connectivity index (χ0) is 29.9. The van der Waals surface area contributed by atoms with Crippen molar-refractivity contribution in [1.29, 1.82) is 0 Å². The molecule has 0 aromatic rings. The molecule has 0 aromatic carbocycles. The molecule has 12 heteroatoms. The number of hydrogen-bond donors (Lipinski definition) is 1. The monoisotopic (exact) mass is 584 g/mol. The van der Waals surface area contributed by atoms with E-state index in [2.05, 4.69) is 15.0 Å². The summed E-state index contributed by atoms with van der Waals surface area (Å²) >= 11 is 0. The van der Waals surface area contributed by atoms with Gasteiger partial charge in [0, 0.05) is 19.6 Å². The molecule has 0 bridgehead atoms. The van der Waals surface area contributed by atoms with E-state index < -0.39 is 18.4 Å². The normalized spacial score (nSPS) is 32.0. The molecule has 3 saturated carbocycles. The van der Waals surface area contributed by atoms with Gasteiger partial charge in [-0.05, 0) is 113 Å². The molecule has 230 valence electrons. The van der Waals surface area contributed by atoms with Crippen LogP contribution >= 0.6 is 0 Å². The summed E-state index contributed by atoms with van der Waals surface area (Å²) in [7, 11) is 0. The fraction of sp³-hybridized carbons (Fsp3) is 0.833. The van der Waals surface area contributed by atoms with E-state index in [1.165, 1.54) is 14.7 Å². The number of urea groups is 2. The van der Waals surface area contributed by atoms with Crippen LogP contribution in [0.4, 0.5) is 9.59 Å². The van der Waals surface area contributed by atoms with Gasteiger partial charge in [0.1, 0.15) is 0 Å². The molecule has 0 aromatic heterocycles. The number of aliphatic hydroxyl groups is 1. The standard InChI is InChI=1S/C30H44N6O6/c37-19-31-13-22-1-7-25(8-2-22)16-34-28(40)35(17-26-9-3-23(4-10-26)14-32-20-38)30(42)36(29(34)41)18-27-11-5-24(6-12-27)15-33-21-39/h22-28,40H,1-18H2. The van der Waals surface area contributed by atoms with Crippen molar-refractivity contribution in [3.05, 3.63) is 0 Å². The second kappa shape index (κ2) is 15.9. The molecule has 12 nitrogen and oxygen atoms in total. The summed E-state index contributed by atoms with van der Waals surface area (Å²) in [4.78, 5) is 74.5. The molecule has 0 radical (unpaired) electrons. The van der Waals surface area contributed by atoms with Crippen LogP contribution in [-0.2, 0) is 14.4 Å². The van der Waals surface area contributed by atoms with Crippen molar-refractivity contribution < 1.29 is 29.1 Å². The highest BCUT2D eigenvalue weighted by Crippen LogP contribution is 2.35. The van der Waals surface area contributed by atoms with E-state index in [1.54, 1.807) is 18.2 Å². The Balaban J connectivity index is 1.42. The first kappa shape index (κ1) is 31.8. The number of carbonyl (C=O) groups is 2. The average molecular weight is 585 g/mol. The lowest BCUT2D eigenvalue weighted by Crippen LogP contribution is -2.68. The summed E-state index contributed by atoms with van der Waals surface area (Å²) in [5.41, 5.74) is 0. The molecule has 1 N–H and O–H groups in total. The van der Waals surface area contributed by atoms with Gasteiger partial charge in [-0.3, -0.25) is 9.80 Å². The molecule has 4 amide bonds. The Bertz CT molecular complexity index is 998. The van der Waals surface area contributed by atoms with E-state index in [1.807, 2.05) is 0 Å². The predicted octanol–water partition coefficient (Wildman–Crippen LogP) is 3.85. The summed E-state index contributed by atoms with van der Waals surface area (Å²) in [6.07, 6.45) is 14.0. The third-order valence-electron chi connectivity index (χ3n) is 10.0. The Morgan fingerprint density at radius 3 is 1.12 bits per heavy atom. The van der Waals surface area contributed by atoms with Crippen molar-refractivity contribution in [2.24, 2.45) is 50.5 Å². The van der Waals surface area contributed by atoms with Gasteiger partial charge in [0.25, 0.3) is 0 Å². The summed E-state index contributed by atoms with van der Waals surface area (Å²) in [5.74, 6) is 1.54. The highest BCUT2D eigenvalue weighted by Gasteiger charge is 2.46. The van der Waals surface area contributed by atoms with Gasteiger partial charge >= 0.3 is 12.1 Å². The number of carbonyl (C=O) groups excluding carboxylic acids is 5. The number of isocyanates is 3. The van der Waals surface area contributed by atoms with Gasteiger partial charge in [-0.15, -0.1) is 0 Å². The van der Waals surface area contributed by atoms with Crippen molar-refractivity contribution in [3.8, 4) is 0 Å². The van der Waals surface area contributed by atoms with Crippen LogP contribution in [0.15, 0.2) is 15.0 Å². The van der Waals surface area contributed by atoms with E-state index in [4.69, 9.17) is 0 Å². The third kappa shape index (κ3) is 8.45. The maximum atomic E-state index is 13.8. The second-order valence-corrected chi connectivity index (χ2v) is 12.8. The van der Waals surface area contributed by atoms with Crippen LogP contribution in [0.5, 0.6) is 0 Å². The molecule has 1 saturated heterocycles. The quantitative estimate of drug-likeness (QED) is 0.272. The zero-order valence-electron chi connectivity index (χ0n) is 24.4. The van der Waals surface area contributed by atoms with Gasteiger partial charge in [-0.2, -0.15) is 0 Å². The Hall–Kier alpha value is -3.16. The van der Waals surface area contributed by atoms with Crippen LogP contribution in [0.25, 0.3) is 0 Å². The van der Waals surface area contributed by atoms with Crippen molar-refractivity contribution in [2.45, 2.75) is 83.4 Å². The highest BCUT2D eigenvalue weighted by atomic mass is 16.3. The fourth-order valence-electron chi connectivity index (χ4n) is 7.36. The van der Waals surface area contributed by atoms with Crippen molar-refractivity contribution >= 4 is 30.3 Å². The minimum absolute atomic E-state index is 0.163. The number of imide groups is 1. The maximum absolute atomic E-state index is 13.8. The third-order valence-corrected chi connectivity index (χ3v) is 10.0. The second-order valence-electron chi connectivity index (χ2n) is 12.8. The lowest BCUT2D eigenvalue weighted by atomic mass is 9.81. The van der Waals surface area contributed by atoms with Crippen molar-refractivity contribution in [2.75, 3.05) is 39.3 Å². The average Bonchev–Trinajstić information content (AvgIpc) is 3.02. The molecule has 3 aliphatic carbocycles. The smallest absolute Gasteiger partial charge is 0.331 e. The number of aliphatic hydroxyl groups excluding tert-OH is 1. The minimum atomic E-state index is -1.31. The number of nitrogens with zero attached hydrogens (tertiary/aromatic N) is 6. The lowest BCUT2D eigenvalue weighted by Gasteiger charge is -2.48. The summed E-state index contributed by atoms with van der Waals surface area (Å²) in [6.45, 7) is 2.48. The van der Waals surface area contributed by atoms with Gasteiger partial charge in [0.15, 0.2) is 0 Å². The molecular formula is C30H44N6O6. The van der Waals surface area contributed by atoms with E-state index in [0.717, 1.165) is 77.0 Å². The molecule has 0 atom stereocenters. The van der Waals surface area contributed by atoms with Crippen LogP contribution in [0.1, 0.15) is 77.0 Å². The van der Waals surface area contributed by atoms with Gasteiger partial charge in [-0.1, -0.05) is 0 Å². The first-order valence-corrected chi connectivity index (χ1v) is 15.6. The Kier molecular flexibility index (Phi) is 12.0. The fourth-order valence-corrected chi connectivity index (χ4v) is 7.36. The van der Waals surface area contributed by atoms with Crippen LogP contribution in [0.3, 0.4) is 0 Å². The van der Waals surface area contributed by atoms with Crippen LogP contribution in [0.2, 0.25) is 0 Å². The molecule has 1 heterocycles. The molecule has 4 aliphatic rings. The zero-order valence-corrected chi connectivity index (χ0v) is 24.4. The van der Waals surface area contributed by atoms with Crippen LogP contribution in [-0.4, -0.2) is 95.7 Å².